The van der Waals surface area contributed by atoms with Crippen molar-refractivity contribution < 1.29 is 9.72 Å². The summed E-state index contributed by atoms with van der Waals surface area (Å²) in [6, 6.07) is 0. The normalized spacial score (nSPS) is 18.6. The number of azo groups is 1. The van der Waals surface area contributed by atoms with Gasteiger partial charge in [0.2, 0.25) is 5.16 Å². The lowest BCUT2D eigenvalue weighted by Gasteiger charge is -2.06. The van der Waals surface area contributed by atoms with E-state index in [0.29, 0.717) is 5.16 Å². The number of carbonyl (C=O) groups excluding carboxylic acids is 1. The van der Waals surface area contributed by atoms with E-state index in [1.165, 1.54) is 11.8 Å². The molecule has 0 N–H and O–H groups in total. The number of hydrogen-bond donors (Lipinski definition) is 0. The maximum Gasteiger partial charge on any atom is 0.400 e. The molecule has 1 unspecified atom stereocenters. The maximum absolute atomic E-state index is 11.5. The van der Waals surface area contributed by atoms with E-state index >= 15 is 0 Å². The number of thioether (sulfide) groups is 1. The fourth-order valence-electron chi connectivity index (χ4n) is 1.09. The molecular formula is C6H6N6O3S. The van der Waals surface area contributed by atoms with Crippen LogP contribution in [0.2, 0.25) is 0 Å². The van der Waals surface area contributed by atoms with E-state index in [2.05, 4.69) is 20.3 Å². The predicted molar refractivity (Wildman–Crippen MR) is 52.3 cm³/mol. The first-order valence-corrected chi connectivity index (χ1v) is 5.30. The van der Waals surface area contributed by atoms with Crippen molar-refractivity contribution in [2.45, 2.75) is 18.2 Å². The highest BCUT2D eigenvalue weighted by atomic mass is 32.2. The third kappa shape index (κ3) is 1.66. The van der Waals surface area contributed by atoms with E-state index in [-0.39, 0.29) is 5.95 Å². The lowest BCUT2D eigenvalue weighted by Crippen LogP contribution is -2.34. The Morgan fingerprint density at radius 1 is 1.62 bits per heavy atom. The van der Waals surface area contributed by atoms with Crippen LogP contribution < -0.4 is 0 Å². The standard InChI is InChI=1S/C6H6N6O3S/c1-2-16-6-7-5-9-8-3(12(14)15)4(13)11(5)10-6/h3H,2H2,1H3. The Morgan fingerprint density at radius 3 is 3.00 bits per heavy atom. The van der Waals surface area contributed by atoms with Crippen LogP contribution in [-0.2, 0) is 0 Å². The fraction of sp³-hybridized carbons (Fsp3) is 0.500. The van der Waals surface area contributed by atoms with Crippen LogP contribution in [0.15, 0.2) is 15.4 Å². The van der Waals surface area contributed by atoms with Crippen LogP contribution in [0.5, 0.6) is 0 Å². The molecule has 2 heterocycles. The molecule has 2 rings (SSSR count). The molecule has 0 bridgehead atoms. The summed E-state index contributed by atoms with van der Waals surface area (Å²) < 4.78 is 0.818. The molecule has 0 aromatic carbocycles. The smallest absolute Gasteiger partial charge is 0.262 e. The molecule has 16 heavy (non-hydrogen) atoms. The second kappa shape index (κ2) is 3.96. The molecule has 10 heteroatoms. The number of nitro groups is 1. The molecule has 1 aromatic rings. The molecule has 0 spiro atoms. The molecule has 0 amide bonds. The monoisotopic (exact) mass is 242 g/mol. The van der Waals surface area contributed by atoms with Gasteiger partial charge in [-0.3, -0.25) is 14.9 Å². The third-order valence-corrected chi connectivity index (χ3v) is 2.45. The highest BCUT2D eigenvalue weighted by Crippen LogP contribution is 2.22. The first kappa shape index (κ1) is 10.7. The summed E-state index contributed by atoms with van der Waals surface area (Å²) in [5, 5.41) is 21.4. The minimum absolute atomic E-state index is 0.0148. The maximum atomic E-state index is 11.5. The molecule has 0 aliphatic carbocycles. The van der Waals surface area contributed by atoms with E-state index in [9.17, 15) is 14.9 Å². The molecular weight excluding hydrogens is 236 g/mol. The molecule has 84 valence electrons. The highest BCUT2D eigenvalue weighted by Gasteiger charge is 2.37. The Hall–Kier alpha value is -1.84. The second-order valence-electron chi connectivity index (χ2n) is 2.75. The summed E-state index contributed by atoms with van der Waals surface area (Å²) in [5.74, 6) is -0.127. The quantitative estimate of drug-likeness (QED) is 0.438. The number of carbonyl (C=O) groups is 1. The second-order valence-corrected chi connectivity index (χ2v) is 3.98. The van der Waals surface area contributed by atoms with Crippen molar-refractivity contribution in [1.82, 2.24) is 14.8 Å². The van der Waals surface area contributed by atoms with Gasteiger partial charge in [0, 0.05) is 0 Å². The van der Waals surface area contributed by atoms with Crippen LogP contribution in [0.1, 0.15) is 11.7 Å². The van der Waals surface area contributed by atoms with Gasteiger partial charge in [0.25, 0.3) is 5.95 Å². The lowest BCUT2D eigenvalue weighted by molar-refractivity contribution is -0.505. The molecule has 0 fully saturated rings. The average Bonchev–Trinajstić information content (AvgIpc) is 2.62. The Bertz CT molecular complexity index is 483. The van der Waals surface area contributed by atoms with Crippen LogP contribution in [0, 0.1) is 10.1 Å². The number of fused-ring (bicyclic) bond motifs is 1. The minimum Gasteiger partial charge on any atom is -0.262 e. The SMILES string of the molecule is CCSc1nc2n(n1)C(=O)C([N+](=O)[O-])N=N2. The first-order valence-electron chi connectivity index (χ1n) is 4.32. The summed E-state index contributed by atoms with van der Waals surface area (Å²) in [6.07, 6.45) is -1.71. The summed E-state index contributed by atoms with van der Waals surface area (Å²) in [4.78, 5) is 25.1. The molecule has 9 nitrogen and oxygen atoms in total. The van der Waals surface area contributed by atoms with Crippen molar-refractivity contribution >= 4 is 23.6 Å². The van der Waals surface area contributed by atoms with Gasteiger partial charge in [-0.15, -0.1) is 10.2 Å². The number of nitrogens with zero attached hydrogens (tertiary/aromatic N) is 6. The zero-order chi connectivity index (χ0) is 11.7. The van der Waals surface area contributed by atoms with Gasteiger partial charge in [0.1, 0.15) is 0 Å². The summed E-state index contributed by atoms with van der Waals surface area (Å²) in [5.41, 5.74) is 0. The van der Waals surface area contributed by atoms with Crippen LogP contribution in [0.25, 0.3) is 0 Å². The van der Waals surface area contributed by atoms with Crippen molar-refractivity contribution in [3.8, 4) is 0 Å². The predicted octanol–water partition coefficient (Wildman–Crippen LogP) is 0.730. The number of rotatable bonds is 3. The van der Waals surface area contributed by atoms with Gasteiger partial charge >= 0.3 is 12.1 Å². The number of aromatic nitrogens is 3. The van der Waals surface area contributed by atoms with Crippen LogP contribution >= 0.6 is 11.8 Å². The van der Waals surface area contributed by atoms with Gasteiger partial charge < -0.3 is 0 Å². The van der Waals surface area contributed by atoms with E-state index in [1.54, 1.807) is 0 Å². The van der Waals surface area contributed by atoms with E-state index < -0.39 is 17.0 Å². The van der Waals surface area contributed by atoms with E-state index in [1.807, 2.05) is 6.92 Å². The van der Waals surface area contributed by atoms with Gasteiger partial charge in [-0.25, -0.2) is 0 Å². The van der Waals surface area contributed by atoms with E-state index in [4.69, 9.17) is 0 Å². The zero-order valence-corrected chi connectivity index (χ0v) is 8.92. The molecule has 1 atom stereocenters. The average molecular weight is 242 g/mol. The zero-order valence-electron chi connectivity index (χ0n) is 8.10. The largest absolute Gasteiger partial charge is 0.400 e. The van der Waals surface area contributed by atoms with Gasteiger partial charge in [-0.1, -0.05) is 23.8 Å². The topological polar surface area (TPSA) is 116 Å². The molecule has 1 aliphatic heterocycles. The minimum atomic E-state index is -1.71. The van der Waals surface area contributed by atoms with Crippen molar-refractivity contribution in [3.63, 3.8) is 0 Å². The van der Waals surface area contributed by atoms with Crippen molar-refractivity contribution in [2.75, 3.05) is 5.75 Å². The van der Waals surface area contributed by atoms with Gasteiger partial charge in [0.15, 0.2) is 0 Å². The molecule has 0 saturated carbocycles. The molecule has 0 saturated heterocycles. The summed E-state index contributed by atoms with van der Waals surface area (Å²) >= 11 is 1.31. The van der Waals surface area contributed by atoms with Crippen LogP contribution in [0.4, 0.5) is 5.95 Å². The highest BCUT2D eigenvalue weighted by molar-refractivity contribution is 7.99. The molecule has 1 aliphatic rings. The van der Waals surface area contributed by atoms with Crippen molar-refractivity contribution in [2.24, 2.45) is 10.2 Å². The summed E-state index contributed by atoms with van der Waals surface area (Å²) in [6.45, 7) is 1.90. The Kier molecular flexibility index (Phi) is 2.64. The Morgan fingerprint density at radius 2 is 2.38 bits per heavy atom. The number of hydrogen-bond acceptors (Lipinski definition) is 8. The van der Waals surface area contributed by atoms with Crippen molar-refractivity contribution in [3.05, 3.63) is 10.1 Å². The van der Waals surface area contributed by atoms with Crippen LogP contribution in [0.3, 0.4) is 0 Å². The van der Waals surface area contributed by atoms with Crippen LogP contribution in [-0.4, -0.2) is 37.5 Å². The van der Waals surface area contributed by atoms with E-state index in [0.717, 1.165) is 10.4 Å². The fourth-order valence-corrected chi connectivity index (χ4v) is 1.63. The van der Waals surface area contributed by atoms with Crippen molar-refractivity contribution in [1.29, 1.82) is 0 Å². The Labute approximate surface area is 93.1 Å². The Balaban J connectivity index is 2.36. The van der Waals surface area contributed by atoms with Gasteiger partial charge in [0.05, 0.1) is 4.92 Å². The first-order chi connectivity index (χ1) is 7.63. The van der Waals surface area contributed by atoms with Gasteiger partial charge in [-0.05, 0) is 5.75 Å². The molecule has 0 radical (unpaired) electrons. The summed E-state index contributed by atoms with van der Waals surface area (Å²) in [7, 11) is 0. The lowest BCUT2D eigenvalue weighted by atomic mass is 10.5. The molecule has 1 aromatic heterocycles. The van der Waals surface area contributed by atoms with Gasteiger partial charge in [-0.2, -0.15) is 9.67 Å². The third-order valence-electron chi connectivity index (χ3n) is 1.73.